The van der Waals surface area contributed by atoms with Crippen LogP contribution in [0.2, 0.25) is 0 Å². The SMILES string of the molecule is CCC1CCc2c(c(-c3cccs3)nc3c(-c4ccc(OC)cc4)c(COC)nn23)C1. The zero-order valence-corrected chi connectivity index (χ0v) is 19.0. The molecule has 3 heterocycles. The van der Waals surface area contributed by atoms with Gasteiger partial charge in [-0.05, 0) is 54.3 Å². The molecule has 31 heavy (non-hydrogen) atoms. The molecule has 5 nitrogen and oxygen atoms in total. The van der Waals surface area contributed by atoms with Gasteiger partial charge in [0, 0.05) is 18.4 Å². The lowest BCUT2D eigenvalue weighted by Crippen LogP contribution is -2.19. The summed E-state index contributed by atoms with van der Waals surface area (Å²) in [4.78, 5) is 6.47. The molecule has 1 unspecified atom stereocenters. The van der Waals surface area contributed by atoms with E-state index in [1.165, 1.54) is 29.0 Å². The summed E-state index contributed by atoms with van der Waals surface area (Å²) < 4.78 is 13.0. The fourth-order valence-electron chi connectivity index (χ4n) is 4.64. The molecule has 0 fully saturated rings. The maximum atomic E-state index is 5.52. The quantitative estimate of drug-likeness (QED) is 0.386. The van der Waals surface area contributed by atoms with E-state index in [4.69, 9.17) is 19.6 Å². The van der Waals surface area contributed by atoms with Crippen LogP contribution in [-0.2, 0) is 24.2 Å². The Morgan fingerprint density at radius 3 is 2.68 bits per heavy atom. The Morgan fingerprint density at radius 2 is 2.00 bits per heavy atom. The first-order chi connectivity index (χ1) is 15.2. The first kappa shape index (κ1) is 20.2. The molecule has 0 N–H and O–H groups in total. The maximum Gasteiger partial charge on any atom is 0.164 e. The first-order valence-corrected chi connectivity index (χ1v) is 11.7. The first-order valence-electron chi connectivity index (χ1n) is 10.8. The van der Waals surface area contributed by atoms with E-state index in [1.807, 2.05) is 12.1 Å². The zero-order chi connectivity index (χ0) is 21.4. The number of benzene rings is 1. The minimum absolute atomic E-state index is 0.450. The van der Waals surface area contributed by atoms with Crippen molar-refractivity contribution in [3.63, 3.8) is 0 Å². The molecular weight excluding hydrogens is 406 g/mol. The largest absolute Gasteiger partial charge is 0.497 e. The van der Waals surface area contributed by atoms with E-state index in [9.17, 15) is 0 Å². The molecule has 0 spiro atoms. The lowest BCUT2D eigenvalue weighted by Gasteiger charge is -2.25. The molecule has 6 heteroatoms. The summed E-state index contributed by atoms with van der Waals surface area (Å²) >= 11 is 1.76. The molecule has 1 aliphatic rings. The predicted molar refractivity (Wildman–Crippen MR) is 125 cm³/mol. The highest BCUT2D eigenvalue weighted by Crippen LogP contribution is 2.39. The van der Waals surface area contributed by atoms with Crippen molar-refractivity contribution in [1.82, 2.24) is 14.6 Å². The minimum atomic E-state index is 0.450. The van der Waals surface area contributed by atoms with Crippen LogP contribution in [0.4, 0.5) is 0 Å². The fourth-order valence-corrected chi connectivity index (χ4v) is 5.38. The van der Waals surface area contributed by atoms with Crippen molar-refractivity contribution in [3.05, 3.63) is 58.7 Å². The smallest absolute Gasteiger partial charge is 0.164 e. The maximum absolute atomic E-state index is 5.52. The topological polar surface area (TPSA) is 48.7 Å². The molecular formula is C25H27N3O2S. The van der Waals surface area contributed by atoms with Gasteiger partial charge in [-0.1, -0.05) is 31.5 Å². The third-order valence-corrected chi connectivity index (χ3v) is 7.19. The van der Waals surface area contributed by atoms with Crippen LogP contribution in [0.25, 0.3) is 27.3 Å². The summed E-state index contributed by atoms with van der Waals surface area (Å²) in [6.07, 6.45) is 4.50. The van der Waals surface area contributed by atoms with E-state index >= 15 is 0 Å². The van der Waals surface area contributed by atoms with Gasteiger partial charge >= 0.3 is 0 Å². The van der Waals surface area contributed by atoms with E-state index in [0.717, 1.165) is 46.8 Å². The van der Waals surface area contributed by atoms with E-state index in [1.54, 1.807) is 25.6 Å². The number of nitrogens with zero attached hydrogens (tertiary/aromatic N) is 3. The van der Waals surface area contributed by atoms with Gasteiger partial charge < -0.3 is 9.47 Å². The standard InChI is InChI=1S/C25H27N3O2S/c1-4-16-7-12-21-19(14-16)24(22-6-5-13-31-22)26-25-23(20(15-29-2)27-28(21)25)17-8-10-18(30-3)11-9-17/h5-6,8-11,13,16H,4,7,12,14-15H2,1-3H3. The number of hydrogen-bond donors (Lipinski definition) is 0. The van der Waals surface area contributed by atoms with E-state index in [2.05, 4.69) is 41.1 Å². The third kappa shape index (κ3) is 3.54. The molecule has 0 aliphatic heterocycles. The second-order valence-electron chi connectivity index (χ2n) is 8.10. The lowest BCUT2D eigenvalue weighted by atomic mass is 9.84. The summed E-state index contributed by atoms with van der Waals surface area (Å²) in [5.74, 6) is 1.55. The Bertz CT molecular complexity index is 1200. The number of fused-ring (bicyclic) bond motifs is 3. The molecule has 0 bridgehead atoms. The molecule has 160 valence electrons. The highest BCUT2D eigenvalue weighted by atomic mass is 32.1. The Hall–Kier alpha value is -2.70. The van der Waals surface area contributed by atoms with Gasteiger partial charge in [0.05, 0.1) is 35.5 Å². The average Bonchev–Trinajstić information content (AvgIpc) is 3.46. The molecule has 0 amide bonds. The molecule has 1 aliphatic carbocycles. The van der Waals surface area contributed by atoms with Gasteiger partial charge in [0.1, 0.15) is 5.75 Å². The zero-order valence-electron chi connectivity index (χ0n) is 18.2. The van der Waals surface area contributed by atoms with Gasteiger partial charge in [-0.2, -0.15) is 5.10 Å². The van der Waals surface area contributed by atoms with Crippen molar-refractivity contribution in [1.29, 1.82) is 0 Å². The molecule has 0 saturated heterocycles. The van der Waals surface area contributed by atoms with Crippen LogP contribution >= 0.6 is 11.3 Å². The monoisotopic (exact) mass is 433 g/mol. The molecule has 5 rings (SSSR count). The number of aryl methyl sites for hydroxylation is 1. The number of hydrogen-bond acceptors (Lipinski definition) is 5. The van der Waals surface area contributed by atoms with Gasteiger partial charge in [0.2, 0.25) is 0 Å². The fraction of sp³-hybridized carbons (Fsp3) is 0.360. The Labute approximate surface area is 186 Å². The van der Waals surface area contributed by atoms with Crippen molar-refractivity contribution < 1.29 is 9.47 Å². The lowest BCUT2D eigenvalue weighted by molar-refractivity contribution is 0.181. The summed E-state index contributed by atoms with van der Waals surface area (Å²) in [5.41, 5.74) is 7.74. The van der Waals surface area contributed by atoms with Crippen molar-refractivity contribution in [3.8, 4) is 27.4 Å². The summed E-state index contributed by atoms with van der Waals surface area (Å²) in [5, 5.41) is 7.14. The highest BCUT2D eigenvalue weighted by Gasteiger charge is 2.28. The minimum Gasteiger partial charge on any atom is -0.497 e. The number of rotatable bonds is 6. The molecule has 0 radical (unpaired) electrons. The van der Waals surface area contributed by atoms with Gasteiger partial charge in [-0.25, -0.2) is 9.50 Å². The summed E-state index contributed by atoms with van der Waals surface area (Å²) in [6, 6.07) is 12.4. The van der Waals surface area contributed by atoms with Crippen LogP contribution in [0.1, 0.15) is 36.7 Å². The van der Waals surface area contributed by atoms with Gasteiger partial charge in [-0.15, -0.1) is 11.3 Å². The Morgan fingerprint density at radius 1 is 1.16 bits per heavy atom. The Balaban J connectivity index is 1.79. The molecule has 0 saturated carbocycles. The van der Waals surface area contributed by atoms with Gasteiger partial charge in [0.25, 0.3) is 0 Å². The highest BCUT2D eigenvalue weighted by molar-refractivity contribution is 7.13. The number of methoxy groups -OCH3 is 2. The molecule has 4 aromatic rings. The number of thiophene rings is 1. The van der Waals surface area contributed by atoms with Crippen molar-refractivity contribution in [2.24, 2.45) is 5.92 Å². The van der Waals surface area contributed by atoms with Crippen LogP contribution in [0.3, 0.4) is 0 Å². The third-order valence-electron chi connectivity index (χ3n) is 6.31. The van der Waals surface area contributed by atoms with E-state index in [0.29, 0.717) is 12.5 Å². The van der Waals surface area contributed by atoms with E-state index in [-0.39, 0.29) is 0 Å². The van der Waals surface area contributed by atoms with Crippen LogP contribution < -0.4 is 4.74 Å². The van der Waals surface area contributed by atoms with Crippen molar-refractivity contribution in [2.45, 2.75) is 39.2 Å². The Kier molecular flexibility index (Phi) is 5.50. The second-order valence-corrected chi connectivity index (χ2v) is 9.05. The molecule has 1 aromatic carbocycles. The van der Waals surface area contributed by atoms with Crippen molar-refractivity contribution in [2.75, 3.05) is 14.2 Å². The van der Waals surface area contributed by atoms with Gasteiger partial charge in [-0.3, -0.25) is 0 Å². The average molecular weight is 434 g/mol. The van der Waals surface area contributed by atoms with Crippen LogP contribution in [0.15, 0.2) is 41.8 Å². The summed E-state index contributed by atoms with van der Waals surface area (Å²) in [7, 11) is 3.40. The van der Waals surface area contributed by atoms with Crippen LogP contribution in [0.5, 0.6) is 5.75 Å². The molecule has 3 aromatic heterocycles. The van der Waals surface area contributed by atoms with Gasteiger partial charge in [0.15, 0.2) is 5.65 Å². The van der Waals surface area contributed by atoms with E-state index < -0.39 is 0 Å². The number of ether oxygens (including phenoxy) is 2. The van der Waals surface area contributed by atoms with Crippen LogP contribution in [0, 0.1) is 5.92 Å². The van der Waals surface area contributed by atoms with Crippen molar-refractivity contribution >= 4 is 17.0 Å². The number of aromatic nitrogens is 3. The normalized spacial score (nSPS) is 15.9. The second kappa shape index (κ2) is 8.44. The molecule has 1 atom stereocenters. The predicted octanol–water partition coefficient (Wildman–Crippen LogP) is 5.79. The summed E-state index contributed by atoms with van der Waals surface area (Å²) in [6.45, 7) is 2.74. The van der Waals surface area contributed by atoms with Crippen LogP contribution in [-0.4, -0.2) is 28.8 Å².